The molecule has 0 radical (unpaired) electrons. The minimum atomic E-state index is -0.762. The van der Waals surface area contributed by atoms with Crippen LogP contribution < -0.4 is 0 Å². The van der Waals surface area contributed by atoms with E-state index in [0.29, 0.717) is 12.0 Å². The molecule has 0 fully saturated rings. The van der Waals surface area contributed by atoms with E-state index in [-0.39, 0.29) is 0 Å². The summed E-state index contributed by atoms with van der Waals surface area (Å²) < 4.78 is 25.6. The lowest BCUT2D eigenvalue weighted by molar-refractivity contribution is 0.498. The SMILES string of the molecule is Fc1cccc(CCCBr)c1F. The summed E-state index contributed by atoms with van der Waals surface area (Å²) in [6.45, 7) is 0. The van der Waals surface area contributed by atoms with E-state index < -0.39 is 11.6 Å². The van der Waals surface area contributed by atoms with Gasteiger partial charge >= 0.3 is 0 Å². The van der Waals surface area contributed by atoms with Gasteiger partial charge in [-0.3, -0.25) is 0 Å². The Morgan fingerprint density at radius 1 is 1.25 bits per heavy atom. The minimum absolute atomic E-state index is 0.453. The van der Waals surface area contributed by atoms with Gasteiger partial charge in [-0.25, -0.2) is 8.78 Å². The van der Waals surface area contributed by atoms with Gasteiger partial charge in [0.05, 0.1) is 0 Å². The van der Waals surface area contributed by atoms with Gasteiger partial charge in [-0.05, 0) is 24.5 Å². The van der Waals surface area contributed by atoms with Gasteiger partial charge in [0.1, 0.15) is 0 Å². The van der Waals surface area contributed by atoms with E-state index >= 15 is 0 Å². The van der Waals surface area contributed by atoms with Gasteiger partial charge in [-0.15, -0.1) is 0 Å². The number of aryl methyl sites for hydroxylation is 1. The van der Waals surface area contributed by atoms with Crippen molar-refractivity contribution in [3.8, 4) is 0 Å². The molecule has 0 unspecified atom stereocenters. The van der Waals surface area contributed by atoms with Gasteiger partial charge in [0.2, 0.25) is 0 Å². The van der Waals surface area contributed by atoms with Crippen molar-refractivity contribution in [2.75, 3.05) is 5.33 Å². The van der Waals surface area contributed by atoms with Crippen LogP contribution in [0.4, 0.5) is 8.78 Å². The molecule has 1 aromatic rings. The third-order valence-corrected chi connectivity index (χ3v) is 2.17. The molecular formula is C9H9BrF2. The Bertz CT molecular complexity index is 261. The Labute approximate surface area is 78.7 Å². The van der Waals surface area contributed by atoms with Gasteiger partial charge in [-0.2, -0.15) is 0 Å². The molecule has 0 aromatic heterocycles. The molecule has 0 saturated carbocycles. The lowest BCUT2D eigenvalue weighted by atomic mass is 10.1. The highest BCUT2D eigenvalue weighted by Crippen LogP contribution is 2.13. The fourth-order valence-corrected chi connectivity index (χ4v) is 1.28. The summed E-state index contributed by atoms with van der Waals surface area (Å²) in [6, 6.07) is 4.27. The molecule has 0 aliphatic rings. The first-order valence-corrected chi connectivity index (χ1v) is 4.86. The molecule has 0 nitrogen and oxygen atoms in total. The Morgan fingerprint density at radius 2 is 2.00 bits per heavy atom. The summed E-state index contributed by atoms with van der Waals surface area (Å²) in [5, 5.41) is 0.808. The molecule has 0 bridgehead atoms. The van der Waals surface area contributed by atoms with Crippen LogP contribution in [0.3, 0.4) is 0 Å². The molecule has 0 aliphatic heterocycles. The van der Waals surface area contributed by atoms with Crippen LogP contribution in [0.15, 0.2) is 18.2 Å². The normalized spacial score (nSPS) is 10.2. The van der Waals surface area contributed by atoms with Crippen molar-refractivity contribution < 1.29 is 8.78 Å². The lowest BCUT2D eigenvalue weighted by Gasteiger charge is -2.01. The molecule has 1 aromatic carbocycles. The van der Waals surface area contributed by atoms with Crippen LogP contribution >= 0.6 is 15.9 Å². The van der Waals surface area contributed by atoms with E-state index in [9.17, 15) is 8.78 Å². The van der Waals surface area contributed by atoms with Crippen molar-refractivity contribution in [3.05, 3.63) is 35.4 Å². The molecule has 3 heteroatoms. The minimum Gasteiger partial charge on any atom is -0.204 e. The highest BCUT2D eigenvalue weighted by molar-refractivity contribution is 9.09. The van der Waals surface area contributed by atoms with Gasteiger partial charge in [0.15, 0.2) is 11.6 Å². The van der Waals surface area contributed by atoms with Crippen molar-refractivity contribution >= 4 is 15.9 Å². The van der Waals surface area contributed by atoms with E-state index in [4.69, 9.17) is 0 Å². The predicted octanol–water partition coefficient (Wildman–Crippen LogP) is 3.29. The molecule has 12 heavy (non-hydrogen) atoms. The summed E-state index contributed by atoms with van der Waals surface area (Å²) >= 11 is 3.23. The number of rotatable bonds is 3. The third kappa shape index (κ3) is 2.27. The second-order valence-corrected chi connectivity index (χ2v) is 3.30. The van der Waals surface area contributed by atoms with Crippen LogP contribution in [0.1, 0.15) is 12.0 Å². The molecule has 0 atom stereocenters. The van der Waals surface area contributed by atoms with E-state index in [0.717, 1.165) is 17.8 Å². The maximum atomic E-state index is 12.9. The predicted molar refractivity (Wildman–Crippen MR) is 48.5 cm³/mol. The molecule has 0 spiro atoms. The maximum absolute atomic E-state index is 12.9. The monoisotopic (exact) mass is 234 g/mol. The zero-order valence-electron chi connectivity index (χ0n) is 6.49. The molecule has 0 N–H and O–H groups in total. The Morgan fingerprint density at radius 3 is 2.67 bits per heavy atom. The van der Waals surface area contributed by atoms with Crippen molar-refractivity contribution in [2.24, 2.45) is 0 Å². The quantitative estimate of drug-likeness (QED) is 0.705. The second kappa shape index (κ2) is 4.55. The molecular weight excluding hydrogens is 226 g/mol. The fraction of sp³-hybridized carbons (Fsp3) is 0.333. The maximum Gasteiger partial charge on any atom is 0.162 e. The smallest absolute Gasteiger partial charge is 0.162 e. The molecule has 66 valence electrons. The van der Waals surface area contributed by atoms with Crippen LogP contribution in [-0.2, 0) is 6.42 Å². The zero-order valence-corrected chi connectivity index (χ0v) is 8.07. The molecule has 1 rings (SSSR count). The van der Waals surface area contributed by atoms with Crippen molar-refractivity contribution in [1.29, 1.82) is 0 Å². The molecule has 0 aliphatic carbocycles. The summed E-state index contributed by atoms with van der Waals surface area (Å²) in [5.41, 5.74) is 0.453. The molecule has 0 amide bonds. The van der Waals surface area contributed by atoms with E-state index in [1.807, 2.05) is 0 Å². The number of hydrogen-bond donors (Lipinski definition) is 0. The number of benzene rings is 1. The highest BCUT2D eigenvalue weighted by atomic mass is 79.9. The van der Waals surface area contributed by atoms with E-state index in [2.05, 4.69) is 15.9 Å². The lowest BCUT2D eigenvalue weighted by Crippen LogP contribution is -1.94. The van der Waals surface area contributed by atoms with Gasteiger partial charge in [-0.1, -0.05) is 28.1 Å². The number of alkyl halides is 1. The number of hydrogen-bond acceptors (Lipinski definition) is 0. The van der Waals surface area contributed by atoms with Crippen molar-refractivity contribution in [1.82, 2.24) is 0 Å². The topological polar surface area (TPSA) is 0 Å². The Balaban J connectivity index is 2.78. The molecule has 0 saturated heterocycles. The summed E-state index contributed by atoms with van der Waals surface area (Å²) in [5.74, 6) is -1.47. The summed E-state index contributed by atoms with van der Waals surface area (Å²) in [4.78, 5) is 0. The van der Waals surface area contributed by atoms with Crippen LogP contribution in [0.25, 0.3) is 0 Å². The molecule has 0 heterocycles. The standard InChI is InChI=1S/C9H9BrF2/c10-6-2-4-7-3-1-5-8(11)9(7)12/h1,3,5H,2,4,6H2. The zero-order chi connectivity index (χ0) is 8.97. The third-order valence-electron chi connectivity index (χ3n) is 1.61. The van der Waals surface area contributed by atoms with E-state index in [1.165, 1.54) is 6.07 Å². The average molecular weight is 235 g/mol. The Kier molecular flexibility index (Phi) is 3.66. The highest BCUT2D eigenvalue weighted by Gasteiger charge is 2.05. The van der Waals surface area contributed by atoms with Gasteiger partial charge < -0.3 is 0 Å². The Hall–Kier alpha value is -0.440. The fourth-order valence-electron chi connectivity index (χ4n) is 0.999. The van der Waals surface area contributed by atoms with Crippen LogP contribution in [0.2, 0.25) is 0 Å². The van der Waals surface area contributed by atoms with Crippen LogP contribution in [0.5, 0.6) is 0 Å². The van der Waals surface area contributed by atoms with Gasteiger partial charge in [0, 0.05) is 5.33 Å². The van der Waals surface area contributed by atoms with Crippen LogP contribution in [-0.4, -0.2) is 5.33 Å². The van der Waals surface area contributed by atoms with Gasteiger partial charge in [0.25, 0.3) is 0 Å². The average Bonchev–Trinajstić information content (AvgIpc) is 2.08. The summed E-state index contributed by atoms with van der Waals surface area (Å²) in [7, 11) is 0. The van der Waals surface area contributed by atoms with Crippen LogP contribution in [0, 0.1) is 11.6 Å². The summed E-state index contributed by atoms with van der Waals surface area (Å²) in [6.07, 6.45) is 1.40. The first kappa shape index (κ1) is 9.65. The second-order valence-electron chi connectivity index (χ2n) is 2.51. The number of halogens is 3. The van der Waals surface area contributed by atoms with E-state index in [1.54, 1.807) is 6.07 Å². The van der Waals surface area contributed by atoms with Crippen molar-refractivity contribution in [3.63, 3.8) is 0 Å². The first-order valence-electron chi connectivity index (χ1n) is 3.74. The van der Waals surface area contributed by atoms with Crippen molar-refractivity contribution in [2.45, 2.75) is 12.8 Å². The largest absolute Gasteiger partial charge is 0.204 e. The first-order chi connectivity index (χ1) is 5.75.